The second-order valence-corrected chi connectivity index (χ2v) is 9.95. The Labute approximate surface area is 248 Å². The first-order valence-electron chi connectivity index (χ1n) is 11.2. The van der Waals surface area contributed by atoms with Crippen LogP contribution in [0, 0.1) is 0 Å². The van der Waals surface area contributed by atoms with Gasteiger partial charge in [-0.1, -0.05) is 21.3 Å². The monoisotopic (exact) mass is 685 g/mol. The highest BCUT2D eigenvalue weighted by atomic mass is 32.3. The first-order valence-corrected chi connectivity index (χ1v) is 14.5. The van der Waals surface area contributed by atoms with E-state index in [2.05, 4.69) is 24.7 Å². The summed E-state index contributed by atoms with van der Waals surface area (Å²) in [5.74, 6) is -2.26. The molecule has 0 rings (SSSR count). The van der Waals surface area contributed by atoms with Crippen molar-refractivity contribution >= 4 is 33.7 Å². The molecule has 0 aromatic heterocycles. The maximum Gasteiger partial charge on any atom is 0.334 e. The Morgan fingerprint density at radius 3 is 1.52 bits per heavy atom. The van der Waals surface area contributed by atoms with E-state index < -0.39 is 65.7 Å². The molecule has 0 fully saturated rings. The van der Waals surface area contributed by atoms with Crippen LogP contribution in [0.5, 0.6) is 0 Å². The van der Waals surface area contributed by atoms with Crippen LogP contribution in [0.1, 0.15) is 53.4 Å². The summed E-state index contributed by atoms with van der Waals surface area (Å²) in [7, 11) is -2.67. The molecule has 0 spiro atoms. The lowest BCUT2D eigenvalue weighted by Gasteiger charge is -2.26. The highest BCUT2D eigenvalue weighted by molar-refractivity contribution is 8.20. The Hall–Kier alpha value is -1.14. The second kappa shape index (κ2) is 39.9. The third-order valence-electron chi connectivity index (χ3n) is 3.78. The van der Waals surface area contributed by atoms with E-state index in [1.807, 2.05) is 7.05 Å². The zero-order valence-electron chi connectivity index (χ0n) is 22.6. The Morgan fingerprint density at radius 2 is 1.19 bits per heavy atom. The van der Waals surface area contributed by atoms with Gasteiger partial charge in [0.1, 0.15) is 27.8 Å². The molecule has 0 aromatic rings. The van der Waals surface area contributed by atoms with Gasteiger partial charge in [-0.05, 0) is 59.8 Å². The fourth-order valence-corrected chi connectivity index (χ4v) is 3.17. The van der Waals surface area contributed by atoms with E-state index in [-0.39, 0.29) is 46.8 Å². The first kappa shape index (κ1) is 56.6. The number of aliphatic carboxylic acids is 2. The molecular weight excluding hydrogens is 632 g/mol. The highest BCUT2D eigenvalue weighted by Gasteiger charge is 2.28. The number of carboxylic acids is 2. The number of halogens is 6. The van der Waals surface area contributed by atoms with Crippen LogP contribution in [0.2, 0.25) is 0 Å². The minimum Gasteiger partial charge on any atom is -0.480 e. The number of carboxylic acid groups (broad SMARTS) is 2. The van der Waals surface area contributed by atoms with Gasteiger partial charge in [0.25, 0.3) is 0 Å². The largest absolute Gasteiger partial charge is 0.480 e. The summed E-state index contributed by atoms with van der Waals surface area (Å²) in [6.45, 7) is -2.77. The molecule has 0 saturated carbocycles. The number of hydrogen-bond donors (Lipinski definition) is 9. The van der Waals surface area contributed by atoms with Crippen LogP contribution in [0.25, 0.3) is 0 Å². The van der Waals surface area contributed by atoms with Crippen molar-refractivity contribution in [1.82, 2.24) is 10.6 Å². The topological polar surface area (TPSA) is 224 Å². The molecule has 0 aliphatic rings. The molecule has 0 bridgehead atoms. The van der Waals surface area contributed by atoms with Crippen molar-refractivity contribution in [3.63, 3.8) is 0 Å². The Morgan fingerprint density at radius 1 is 0.762 bits per heavy atom. The maximum atomic E-state index is 12.1. The number of carbonyl (C=O) groups is 2. The summed E-state index contributed by atoms with van der Waals surface area (Å²) < 4.78 is 107. The number of unbranched alkanes of at least 4 members (excludes halogenated alkanes) is 2. The SMILES string of the molecule is C.C.CN.CNCCCCC(NC)C(=O)O.FCF.FCF.O=C(O)C(CCCCOS(O)(O)CF)OS(O)(O)CF. The summed E-state index contributed by atoms with van der Waals surface area (Å²) in [4.78, 5) is 21.3. The van der Waals surface area contributed by atoms with Crippen LogP contribution in [0.4, 0.5) is 26.3 Å². The zero-order chi connectivity index (χ0) is 32.6. The van der Waals surface area contributed by atoms with E-state index >= 15 is 0 Å². The second-order valence-electron chi connectivity index (χ2n) is 6.65. The number of alkyl halides is 6. The third-order valence-corrected chi connectivity index (χ3v) is 5.43. The quantitative estimate of drug-likeness (QED) is 0.0644. The lowest BCUT2D eigenvalue weighted by molar-refractivity contribution is -0.145. The van der Waals surface area contributed by atoms with Crippen LogP contribution < -0.4 is 16.4 Å². The number of hydrogen-bond acceptors (Lipinski definition) is 11. The molecule has 0 radical (unpaired) electrons. The minimum absolute atomic E-state index is 0. The molecule has 0 saturated heterocycles. The summed E-state index contributed by atoms with van der Waals surface area (Å²) in [6.07, 6.45) is 1.17. The van der Waals surface area contributed by atoms with Crippen LogP contribution in [-0.4, -0.2) is 113 Å². The van der Waals surface area contributed by atoms with Crippen molar-refractivity contribution in [2.75, 3.05) is 60.2 Å². The van der Waals surface area contributed by atoms with Gasteiger partial charge in [-0.3, -0.25) is 13.2 Å². The van der Waals surface area contributed by atoms with Gasteiger partial charge in [0.15, 0.2) is 18.1 Å². The summed E-state index contributed by atoms with van der Waals surface area (Å²) in [5.41, 5.74) is 4.50. The van der Waals surface area contributed by atoms with Crippen LogP contribution >= 0.6 is 21.7 Å². The molecule has 0 aliphatic heterocycles. The van der Waals surface area contributed by atoms with Gasteiger partial charge >= 0.3 is 11.9 Å². The van der Waals surface area contributed by atoms with Crippen LogP contribution in [0.15, 0.2) is 0 Å². The normalized spacial score (nSPS) is 12.2. The standard InChI is InChI=1S/C8H18F2O8S2.C8H18N2O2.2CH2F2.CH5N.2CH4/c9-5-19(13,14)17-4-2-1-3-7(8(11)12)18-20(15,16)6-10;1-9-6-4-3-5-7(10-2)8(11)12;2*2-1-3;1-2;;/h7,13-16H,1-6H2,(H,11,12);7,9-10H,3-6H2,1-2H3,(H,11,12);2*1H2;2H2,1H3;2*1H4. The van der Waals surface area contributed by atoms with Crippen molar-refractivity contribution in [3.8, 4) is 0 Å². The van der Waals surface area contributed by atoms with E-state index in [0.29, 0.717) is 6.42 Å². The average Bonchev–Trinajstić information content (AvgIpc) is 2.90. The third kappa shape index (κ3) is 45.8. The van der Waals surface area contributed by atoms with Gasteiger partial charge in [-0.2, -0.15) is 0 Å². The molecule has 0 amide bonds. The van der Waals surface area contributed by atoms with Gasteiger partial charge in [0.05, 0.1) is 6.61 Å². The summed E-state index contributed by atoms with van der Waals surface area (Å²) in [6, 6.07) is -3.44. The predicted octanol–water partition coefficient (Wildman–Crippen LogP) is 5.49. The number of nitrogens with one attached hydrogen (secondary N) is 2. The molecule has 266 valence electrons. The van der Waals surface area contributed by atoms with Gasteiger partial charge in [0.2, 0.25) is 13.9 Å². The average molecular weight is 686 g/mol. The molecule has 0 aromatic carbocycles. The molecule has 13 nitrogen and oxygen atoms in total. The maximum absolute atomic E-state index is 12.1. The van der Waals surface area contributed by atoms with Crippen LogP contribution in [0.3, 0.4) is 0 Å². The van der Waals surface area contributed by atoms with E-state index in [1.165, 1.54) is 7.05 Å². The van der Waals surface area contributed by atoms with Gasteiger partial charge in [0, 0.05) is 0 Å². The first-order chi connectivity index (χ1) is 18.7. The molecule has 21 heteroatoms. The zero-order valence-corrected chi connectivity index (χ0v) is 24.3. The molecule has 0 aliphatic carbocycles. The lowest BCUT2D eigenvalue weighted by Crippen LogP contribution is -2.33. The number of rotatable bonds is 18. The van der Waals surface area contributed by atoms with Gasteiger partial charge in [-0.25, -0.2) is 31.1 Å². The van der Waals surface area contributed by atoms with E-state index in [4.69, 9.17) is 28.4 Å². The van der Waals surface area contributed by atoms with E-state index in [1.54, 1.807) is 7.05 Å². The Balaban J connectivity index is -0.0000000951. The van der Waals surface area contributed by atoms with Crippen LogP contribution in [-0.2, 0) is 18.0 Å². The Bertz CT molecular complexity index is 569. The van der Waals surface area contributed by atoms with Crippen molar-refractivity contribution in [1.29, 1.82) is 0 Å². The van der Waals surface area contributed by atoms with Crippen molar-refractivity contribution < 1.29 is 72.7 Å². The molecule has 42 heavy (non-hydrogen) atoms. The van der Waals surface area contributed by atoms with E-state index in [9.17, 15) is 35.9 Å². The number of nitrogens with two attached hydrogens (primary N) is 1. The summed E-state index contributed by atoms with van der Waals surface area (Å²) in [5, 5.41) is 23.2. The number of likely N-dealkylation sites (N-methyl/N-ethyl adjacent to an activating group) is 1. The van der Waals surface area contributed by atoms with Crippen molar-refractivity contribution in [2.24, 2.45) is 5.73 Å². The fraction of sp³-hybridized carbons (Fsp3) is 0.905. The molecule has 2 unspecified atom stereocenters. The fourth-order valence-electron chi connectivity index (χ4n) is 2.12. The molecule has 0 heterocycles. The summed E-state index contributed by atoms with van der Waals surface area (Å²) >= 11 is 0. The van der Waals surface area contributed by atoms with Gasteiger partial charge in [-0.15, -0.1) is 0 Å². The predicted molar refractivity (Wildman–Crippen MR) is 156 cm³/mol. The molecule has 2 atom stereocenters. The van der Waals surface area contributed by atoms with Crippen molar-refractivity contribution in [2.45, 2.75) is 65.5 Å². The van der Waals surface area contributed by atoms with E-state index in [0.717, 1.165) is 19.4 Å². The molecule has 10 N–H and O–H groups in total. The van der Waals surface area contributed by atoms with Gasteiger partial charge < -0.3 is 44.8 Å². The minimum atomic E-state index is -4.04. The smallest absolute Gasteiger partial charge is 0.334 e. The highest BCUT2D eigenvalue weighted by Crippen LogP contribution is 2.42. The van der Waals surface area contributed by atoms with Crippen molar-refractivity contribution in [3.05, 3.63) is 0 Å². The Kier molecular flexibility index (Phi) is 53.7. The lowest BCUT2D eigenvalue weighted by atomic mass is 10.1. The molecular formula is C21H53F6N3O10S2.